The molecule has 1 unspecified atom stereocenters. The molecule has 0 saturated heterocycles. The normalized spacial score (nSPS) is 13.7. The Morgan fingerprint density at radius 1 is 0.962 bits per heavy atom. The van der Waals surface area contributed by atoms with Crippen LogP contribution in [0.1, 0.15) is 53.0 Å². The molecule has 0 aliphatic carbocycles. The minimum absolute atomic E-state index is 0.111. The molecule has 0 N–H and O–H groups in total. The van der Waals surface area contributed by atoms with Gasteiger partial charge in [0.2, 0.25) is 0 Å². The summed E-state index contributed by atoms with van der Waals surface area (Å²) in [5, 5.41) is 0. The molecule has 0 heterocycles. The van der Waals surface area contributed by atoms with E-state index in [2.05, 4.69) is 0 Å². The predicted octanol–water partition coefficient (Wildman–Crippen LogP) is 4.14. The number of rotatable bonds is 11. The molecule has 1 aromatic rings. The highest BCUT2D eigenvalue weighted by molar-refractivity contribution is 6.00. The molecule has 26 heavy (non-hydrogen) atoms. The molecule has 0 fully saturated rings. The Kier molecular flexibility index (Phi) is 9.35. The molecule has 1 aromatic carbocycles. The quantitative estimate of drug-likeness (QED) is 0.436. The molecule has 5 nitrogen and oxygen atoms in total. The summed E-state index contributed by atoms with van der Waals surface area (Å²) >= 11 is 0. The van der Waals surface area contributed by atoms with E-state index in [1.54, 1.807) is 13.8 Å². The standard InChI is InChI=1S/C21H32O5/c1-6-21(19(22)24-7-2,20(23)25-8-3)16(4)14-17(5)26-15-18-12-10-9-11-13-18/h9-13,16-17H,6-8,14-15H2,1-5H3/t16?,17-/m1/s1. The van der Waals surface area contributed by atoms with Crippen molar-refractivity contribution in [3.63, 3.8) is 0 Å². The summed E-state index contributed by atoms with van der Waals surface area (Å²) in [6.45, 7) is 10.1. The molecule has 146 valence electrons. The highest BCUT2D eigenvalue weighted by atomic mass is 16.6. The van der Waals surface area contributed by atoms with E-state index in [4.69, 9.17) is 14.2 Å². The van der Waals surface area contributed by atoms with Gasteiger partial charge >= 0.3 is 11.9 Å². The number of hydrogen-bond donors (Lipinski definition) is 0. The van der Waals surface area contributed by atoms with E-state index in [0.717, 1.165) is 5.56 Å². The monoisotopic (exact) mass is 364 g/mol. The van der Waals surface area contributed by atoms with Gasteiger partial charge in [-0.1, -0.05) is 44.2 Å². The second-order valence-corrected chi connectivity index (χ2v) is 6.51. The van der Waals surface area contributed by atoms with Crippen molar-refractivity contribution in [1.82, 2.24) is 0 Å². The Bertz CT molecular complexity index is 537. The van der Waals surface area contributed by atoms with E-state index in [-0.39, 0.29) is 25.2 Å². The lowest BCUT2D eigenvalue weighted by molar-refractivity contribution is -0.178. The van der Waals surface area contributed by atoms with Gasteiger partial charge in [0.05, 0.1) is 25.9 Å². The van der Waals surface area contributed by atoms with Gasteiger partial charge in [0.15, 0.2) is 5.41 Å². The SMILES string of the molecule is CCOC(=O)C(CC)(C(=O)OCC)C(C)C[C@@H](C)OCc1ccccc1. The van der Waals surface area contributed by atoms with Gasteiger partial charge < -0.3 is 14.2 Å². The maximum atomic E-state index is 12.7. The minimum atomic E-state index is -1.30. The van der Waals surface area contributed by atoms with Gasteiger partial charge in [-0.05, 0) is 45.1 Å². The summed E-state index contributed by atoms with van der Waals surface area (Å²) in [5.41, 5.74) is -0.208. The molecule has 0 radical (unpaired) electrons. The third kappa shape index (κ3) is 5.56. The van der Waals surface area contributed by atoms with Crippen molar-refractivity contribution in [2.24, 2.45) is 11.3 Å². The Morgan fingerprint density at radius 3 is 1.96 bits per heavy atom. The number of esters is 2. The largest absolute Gasteiger partial charge is 0.465 e. The maximum Gasteiger partial charge on any atom is 0.323 e. The number of benzene rings is 1. The Hall–Kier alpha value is -1.88. The number of ether oxygens (including phenoxy) is 3. The number of hydrogen-bond acceptors (Lipinski definition) is 5. The van der Waals surface area contributed by atoms with Crippen molar-refractivity contribution in [2.45, 2.75) is 60.2 Å². The summed E-state index contributed by atoms with van der Waals surface area (Å²) in [5.74, 6) is -1.29. The molecule has 0 aromatic heterocycles. The van der Waals surface area contributed by atoms with Crippen LogP contribution in [0.15, 0.2) is 30.3 Å². The topological polar surface area (TPSA) is 61.8 Å². The lowest BCUT2D eigenvalue weighted by atomic mass is 9.71. The zero-order valence-corrected chi connectivity index (χ0v) is 16.6. The molecular weight excluding hydrogens is 332 g/mol. The van der Waals surface area contributed by atoms with Crippen LogP contribution in [-0.4, -0.2) is 31.3 Å². The van der Waals surface area contributed by atoms with E-state index >= 15 is 0 Å². The van der Waals surface area contributed by atoms with Crippen LogP contribution in [0, 0.1) is 11.3 Å². The second-order valence-electron chi connectivity index (χ2n) is 6.51. The predicted molar refractivity (Wildman–Crippen MR) is 100 cm³/mol. The van der Waals surface area contributed by atoms with Crippen LogP contribution in [0.4, 0.5) is 0 Å². The van der Waals surface area contributed by atoms with Gasteiger partial charge in [0, 0.05) is 0 Å². The van der Waals surface area contributed by atoms with E-state index in [0.29, 0.717) is 19.4 Å². The van der Waals surface area contributed by atoms with E-state index < -0.39 is 17.4 Å². The van der Waals surface area contributed by atoms with Crippen LogP contribution < -0.4 is 0 Å². The smallest absolute Gasteiger partial charge is 0.323 e. The maximum absolute atomic E-state index is 12.7. The first-order valence-electron chi connectivity index (χ1n) is 9.42. The Labute approximate surface area is 157 Å². The van der Waals surface area contributed by atoms with E-state index in [1.165, 1.54) is 0 Å². The Balaban J connectivity index is 2.84. The first-order chi connectivity index (χ1) is 12.4. The van der Waals surface area contributed by atoms with E-state index in [1.807, 2.05) is 51.1 Å². The van der Waals surface area contributed by atoms with Gasteiger partial charge in [0.1, 0.15) is 0 Å². The van der Waals surface area contributed by atoms with Gasteiger partial charge in [-0.2, -0.15) is 0 Å². The third-order valence-corrected chi connectivity index (χ3v) is 4.74. The summed E-state index contributed by atoms with van der Waals surface area (Å²) in [6.07, 6.45) is 0.773. The van der Waals surface area contributed by atoms with Crippen LogP contribution in [0.25, 0.3) is 0 Å². The molecule has 0 aliphatic heterocycles. The van der Waals surface area contributed by atoms with Crippen molar-refractivity contribution in [3.8, 4) is 0 Å². The fourth-order valence-corrected chi connectivity index (χ4v) is 3.22. The fraction of sp³-hybridized carbons (Fsp3) is 0.619. The average molecular weight is 364 g/mol. The molecular formula is C21H32O5. The minimum Gasteiger partial charge on any atom is -0.465 e. The lowest BCUT2D eigenvalue weighted by Crippen LogP contribution is -2.47. The number of carbonyl (C=O) groups is 2. The van der Waals surface area contributed by atoms with Gasteiger partial charge in [0.25, 0.3) is 0 Å². The fourth-order valence-electron chi connectivity index (χ4n) is 3.22. The zero-order valence-electron chi connectivity index (χ0n) is 16.6. The second kappa shape index (κ2) is 11.0. The Morgan fingerprint density at radius 2 is 1.50 bits per heavy atom. The highest BCUT2D eigenvalue weighted by Gasteiger charge is 2.51. The average Bonchev–Trinajstić information content (AvgIpc) is 2.62. The van der Waals surface area contributed by atoms with Gasteiger partial charge in [-0.25, -0.2) is 0 Å². The molecule has 2 atom stereocenters. The third-order valence-electron chi connectivity index (χ3n) is 4.74. The molecule has 1 rings (SSSR count). The summed E-state index contributed by atoms with van der Waals surface area (Å²) in [6, 6.07) is 9.90. The zero-order chi connectivity index (χ0) is 19.6. The van der Waals surface area contributed by atoms with Crippen molar-refractivity contribution in [1.29, 1.82) is 0 Å². The first kappa shape index (κ1) is 22.2. The van der Waals surface area contributed by atoms with E-state index in [9.17, 15) is 9.59 Å². The van der Waals surface area contributed by atoms with Crippen molar-refractivity contribution >= 4 is 11.9 Å². The molecule has 0 aliphatic rings. The summed E-state index contributed by atoms with van der Waals surface area (Å²) in [7, 11) is 0. The lowest BCUT2D eigenvalue weighted by Gasteiger charge is -2.34. The van der Waals surface area contributed by atoms with Crippen LogP contribution >= 0.6 is 0 Å². The summed E-state index contributed by atoms with van der Waals surface area (Å²) in [4.78, 5) is 25.3. The van der Waals surface area contributed by atoms with Gasteiger partial charge in [-0.3, -0.25) is 9.59 Å². The molecule has 0 amide bonds. The van der Waals surface area contributed by atoms with Crippen LogP contribution in [-0.2, 0) is 30.4 Å². The van der Waals surface area contributed by atoms with Crippen LogP contribution in [0.3, 0.4) is 0 Å². The molecule has 0 saturated carbocycles. The van der Waals surface area contributed by atoms with Crippen LogP contribution in [0.2, 0.25) is 0 Å². The highest BCUT2D eigenvalue weighted by Crippen LogP contribution is 2.38. The van der Waals surface area contributed by atoms with Gasteiger partial charge in [-0.15, -0.1) is 0 Å². The summed E-state index contributed by atoms with van der Waals surface area (Å²) < 4.78 is 16.3. The molecule has 0 bridgehead atoms. The molecule has 0 spiro atoms. The molecule has 5 heteroatoms. The number of carbonyl (C=O) groups excluding carboxylic acids is 2. The first-order valence-corrected chi connectivity index (χ1v) is 9.42. The van der Waals surface area contributed by atoms with Crippen molar-refractivity contribution in [2.75, 3.05) is 13.2 Å². The van der Waals surface area contributed by atoms with Crippen molar-refractivity contribution in [3.05, 3.63) is 35.9 Å². The van der Waals surface area contributed by atoms with Crippen molar-refractivity contribution < 1.29 is 23.8 Å². The van der Waals surface area contributed by atoms with Crippen LogP contribution in [0.5, 0.6) is 0 Å².